The van der Waals surface area contributed by atoms with Crippen molar-refractivity contribution in [2.75, 3.05) is 40.9 Å². The molecule has 3 atom stereocenters. The monoisotopic (exact) mass is 813 g/mol. The van der Waals surface area contributed by atoms with E-state index in [9.17, 15) is 19.4 Å². The number of amides is 1. The highest BCUT2D eigenvalue weighted by Crippen LogP contribution is 2.38. The first-order valence-corrected chi connectivity index (χ1v) is 25.2. The van der Waals surface area contributed by atoms with E-state index in [4.69, 9.17) is 9.05 Å². The van der Waals surface area contributed by atoms with Crippen molar-refractivity contribution < 1.29 is 32.9 Å². The number of phosphoric acid groups is 1. The van der Waals surface area contributed by atoms with Crippen LogP contribution in [0.15, 0.2) is 24.3 Å². The zero-order valence-electron chi connectivity index (χ0n) is 37.6. The lowest BCUT2D eigenvalue weighted by Gasteiger charge is -2.29. The predicted molar refractivity (Wildman–Crippen MR) is 238 cm³/mol. The van der Waals surface area contributed by atoms with E-state index >= 15 is 0 Å². The molecular weight excluding hydrogens is 719 g/mol. The number of allylic oxidation sites excluding steroid dienone is 3. The summed E-state index contributed by atoms with van der Waals surface area (Å²) in [7, 11) is 1.25. The predicted octanol–water partition coefficient (Wildman–Crippen LogP) is 12.7. The molecule has 0 fully saturated rings. The smallest absolute Gasteiger partial charge is 0.268 e. The lowest BCUT2D eigenvalue weighted by molar-refractivity contribution is -0.870. The average Bonchev–Trinajstić information content (AvgIpc) is 3.15. The highest BCUT2D eigenvalue weighted by atomic mass is 31.2. The number of carbonyl (C=O) groups is 1. The van der Waals surface area contributed by atoms with E-state index in [2.05, 4.69) is 31.3 Å². The Morgan fingerprint density at radius 2 is 1.00 bits per heavy atom. The van der Waals surface area contributed by atoms with Crippen LogP contribution >= 0.6 is 7.82 Å². The minimum absolute atomic E-state index is 0.00432. The van der Waals surface area contributed by atoms with Gasteiger partial charge in [-0.15, -0.1) is 0 Å². The van der Waals surface area contributed by atoms with Crippen LogP contribution in [-0.4, -0.2) is 68.5 Å². The average molecular weight is 813 g/mol. The Morgan fingerprint density at radius 1 is 0.607 bits per heavy atom. The van der Waals surface area contributed by atoms with Crippen molar-refractivity contribution in [3.8, 4) is 0 Å². The van der Waals surface area contributed by atoms with Gasteiger partial charge in [-0.3, -0.25) is 9.36 Å². The van der Waals surface area contributed by atoms with Crippen molar-refractivity contribution in [2.24, 2.45) is 0 Å². The van der Waals surface area contributed by atoms with E-state index < -0.39 is 20.0 Å². The van der Waals surface area contributed by atoms with Crippen LogP contribution in [0.2, 0.25) is 0 Å². The summed E-state index contributed by atoms with van der Waals surface area (Å²) < 4.78 is 23.2. The molecule has 0 aliphatic carbocycles. The molecule has 332 valence electrons. The fraction of sp³-hybridized carbons (Fsp3) is 0.894. The van der Waals surface area contributed by atoms with E-state index in [1.54, 1.807) is 6.08 Å². The number of likely N-dealkylation sites (N-methyl/N-ethyl adjacent to an activating group) is 1. The molecule has 0 aromatic heterocycles. The Labute approximate surface area is 347 Å². The molecule has 0 bridgehead atoms. The van der Waals surface area contributed by atoms with Crippen LogP contribution < -0.4 is 10.2 Å². The standard InChI is InChI=1S/C47H93N2O6P/c1-6-8-10-12-14-16-18-19-20-21-22-23-24-25-26-27-28-29-31-32-34-36-38-40-46(50)45(44-55-56(52,53)54-43-42-49(3,4)5)48-47(51)41-39-37-35-33-30-17-15-13-11-9-7-2/h31-32,38,40,45-46,50H,6-30,33-37,39,41-44H2,1-5H3,(H-,48,51,52,53)/b32-31+,40-38+. The van der Waals surface area contributed by atoms with Crippen LogP contribution in [-0.2, 0) is 18.4 Å². The summed E-state index contributed by atoms with van der Waals surface area (Å²) >= 11 is 0. The lowest BCUT2D eigenvalue weighted by Crippen LogP contribution is -2.45. The van der Waals surface area contributed by atoms with Crippen molar-refractivity contribution >= 4 is 13.7 Å². The van der Waals surface area contributed by atoms with Crippen LogP contribution in [0.4, 0.5) is 0 Å². The molecule has 0 radical (unpaired) electrons. The van der Waals surface area contributed by atoms with Gasteiger partial charge < -0.3 is 28.8 Å². The van der Waals surface area contributed by atoms with Crippen molar-refractivity contribution in [1.29, 1.82) is 0 Å². The Kier molecular flexibility index (Phi) is 38.7. The first-order chi connectivity index (χ1) is 27.0. The van der Waals surface area contributed by atoms with E-state index in [0.29, 0.717) is 17.4 Å². The molecule has 0 saturated carbocycles. The number of aliphatic hydroxyl groups excluding tert-OH is 1. The van der Waals surface area contributed by atoms with Gasteiger partial charge in [0.15, 0.2) is 0 Å². The maximum absolute atomic E-state index is 12.8. The van der Waals surface area contributed by atoms with Crippen LogP contribution in [0.25, 0.3) is 0 Å². The van der Waals surface area contributed by atoms with Crippen molar-refractivity contribution in [3.63, 3.8) is 0 Å². The van der Waals surface area contributed by atoms with Crippen molar-refractivity contribution in [1.82, 2.24) is 5.32 Å². The fourth-order valence-electron chi connectivity index (χ4n) is 6.87. The zero-order valence-corrected chi connectivity index (χ0v) is 38.5. The van der Waals surface area contributed by atoms with Gasteiger partial charge in [0.2, 0.25) is 5.91 Å². The number of hydrogen-bond acceptors (Lipinski definition) is 6. The van der Waals surface area contributed by atoms with Gasteiger partial charge in [-0.25, -0.2) is 0 Å². The number of hydrogen-bond donors (Lipinski definition) is 2. The van der Waals surface area contributed by atoms with Crippen LogP contribution in [0.1, 0.15) is 219 Å². The van der Waals surface area contributed by atoms with E-state index in [1.165, 1.54) is 161 Å². The molecule has 3 unspecified atom stereocenters. The quantitative estimate of drug-likeness (QED) is 0.0275. The molecule has 0 aliphatic heterocycles. The minimum Gasteiger partial charge on any atom is -0.756 e. The summed E-state index contributed by atoms with van der Waals surface area (Å²) in [5.74, 6) is -0.207. The van der Waals surface area contributed by atoms with Gasteiger partial charge in [-0.05, 0) is 32.1 Å². The van der Waals surface area contributed by atoms with Gasteiger partial charge in [-0.1, -0.05) is 205 Å². The summed E-state index contributed by atoms with van der Waals surface area (Å²) in [6.07, 6.45) is 46.7. The number of unbranched alkanes of at least 4 members (excludes halogenated alkanes) is 28. The third-order valence-electron chi connectivity index (χ3n) is 10.7. The SMILES string of the molecule is CCCCCCCCCCCCCCCCCCC/C=C/CC/C=C/C(O)C(COP(=O)([O-])OCC[N+](C)(C)C)NC(=O)CCCCCCCCCCCCC. The molecule has 0 saturated heterocycles. The summed E-state index contributed by atoms with van der Waals surface area (Å²) in [6.45, 7) is 4.63. The minimum atomic E-state index is -4.59. The molecule has 0 heterocycles. The van der Waals surface area contributed by atoms with Crippen molar-refractivity contribution in [3.05, 3.63) is 24.3 Å². The molecule has 0 aromatic rings. The lowest BCUT2D eigenvalue weighted by atomic mass is 10.0. The summed E-state index contributed by atoms with van der Waals surface area (Å²) in [6, 6.07) is -0.897. The maximum Gasteiger partial charge on any atom is 0.268 e. The van der Waals surface area contributed by atoms with Crippen LogP contribution in [0.3, 0.4) is 0 Å². The second kappa shape index (κ2) is 39.4. The number of phosphoric ester groups is 1. The highest BCUT2D eigenvalue weighted by molar-refractivity contribution is 7.45. The van der Waals surface area contributed by atoms with Gasteiger partial charge in [0, 0.05) is 6.42 Å². The molecule has 2 N–H and O–H groups in total. The summed E-state index contributed by atoms with van der Waals surface area (Å²) in [5.41, 5.74) is 0. The van der Waals surface area contributed by atoms with Crippen molar-refractivity contribution in [2.45, 2.75) is 231 Å². The second-order valence-corrected chi connectivity index (χ2v) is 18.9. The van der Waals surface area contributed by atoms with E-state index in [-0.39, 0.29) is 19.1 Å². The Balaban J connectivity index is 4.32. The van der Waals surface area contributed by atoms with Crippen LogP contribution in [0, 0.1) is 0 Å². The number of nitrogens with zero attached hydrogens (tertiary/aromatic N) is 1. The fourth-order valence-corrected chi connectivity index (χ4v) is 7.60. The third kappa shape index (κ3) is 41.2. The topological polar surface area (TPSA) is 108 Å². The molecular formula is C47H93N2O6P. The molecule has 8 nitrogen and oxygen atoms in total. The summed E-state index contributed by atoms with van der Waals surface area (Å²) in [5, 5.41) is 13.8. The number of carbonyl (C=O) groups excluding carboxylic acids is 1. The molecule has 0 aromatic carbocycles. The largest absolute Gasteiger partial charge is 0.756 e. The molecule has 0 spiro atoms. The summed E-state index contributed by atoms with van der Waals surface area (Å²) in [4.78, 5) is 25.2. The molecule has 0 rings (SSSR count). The van der Waals surface area contributed by atoms with Gasteiger partial charge in [0.05, 0.1) is 39.9 Å². The Bertz CT molecular complexity index is 969. The van der Waals surface area contributed by atoms with Gasteiger partial charge in [0.1, 0.15) is 13.2 Å². The van der Waals surface area contributed by atoms with Gasteiger partial charge in [0.25, 0.3) is 7.82 Å². The Hall–Kier alpha value is -1.02. The first-order valence-electron chi connectivity index (χ1n) is 23.7. The second-order valence-electron chi connectivity index (χ2n) is 17.5. The molecule has 56 heavy (non-hydrogen) atoms. The van der Waals surface area contributed by atoms with Crippen LogP contribution in [0.5, 0.6) is 0 Å². The third-order valence-corrected chi connectivity index (χ3v) is 11.6. The number of aliphatic hydroxyl groups is 1. The zero-order chi connectivity index (χ0) is 41.4. The Morgan fingerprint density at radius 3 is 1.45 bits per heavy atom. The number of rotatable bonds is 43. The molecule has 9 heteroatoms. The molecule has 1 amide bonds. The van der Waals surface area contributed by atoms with E-state index in [0.717, 1.165) is 38.5 Å². The normalized spacial score (nSPS) is 14.5. The number of nitrogens with one attached hydrogen (secondary N) is 1. The number of quaternary nitrogens is 1. The van der Waals surface area contributed by atoms with Gasteiger partial charge >= 0.3 is 0 Å². The maximum atomic E-state index is 12.8. The van der Waals surface area contributed by atoms with E-state index in [1.807, 2.05) is 27.2 Å². The highest BCUT2D eigenvalue weighted by Gasteiger charge is 2.23. The molecule has 0 aliphatic rings. The van der Waals surface area contributed by atoms with Gasteiger partial charge in [-0.2, -0.15) is 0 Å². The first kappa shape index (κ1) is 55.0.